The van der Waals surface area contributed by atoms with Crippen LogP contribution in [0.5, 0.6) is 0 Å². The average molecular weight is 326 g/mol. The second kappa shape index (κ2) is 6.44. The van der Waals surface area contributed by atoms with Crippen molar-refractivity contribution in [2.75, 3.05) is 4.90 Å². The fraction of sp³-hybridized carbons (Fsp3) is 0.375. The van der Waals surface area contributed by atoms with Crippen LogP contribution in [0, 0.1) is 6.92 Å². The van der Waals surface area contributed by atoms with Crippen LogP contribution in [0.15, 0.2) is 35.0 Å². The van der Waals surface area contributed by atoms with Gasteiger partial charge in [0.05, 0.1) is 11.8 Å². The fourth-order valence-electron chi connectivity index (χ4n) is 2.20. The molecule has 1 amide bonds. The van der Waals surface area contributed by atoms with Gasteiger partial charge >= 0.3 is 6.18 Å². The van der Waals surface area contributed by atoms with Gasteiger partial charge in [0.2, 0.25) is 0 Å². The van der Waals surface area contributed by atoms with Gasteiger partial charge in [0, 0.05) is 11.7 Å². The summed E-state index contributed by atoms with van der Waals surface area (Å²) in [7, 11) is 0. The first-order chi connectivity index (χ1) is 10.8. The maximum atomic E-state index is 12.7. The summed E-state index contributed by atoms with van der Waals surface area (Å²) >= 11 is 0. The maximum absolute atomic E-state index is 12.7. The molecule has 0 saturated carbocycles. The Labute approximate surface area is 131 Å². The van der Waals surface area contributed by atoms with Crippen LogP contribution in [0.1, 0.15) is 41.9 Å². The molecule has 0 bridgehead atoms. The molecule has 0 fully saturated rings. The van der Waals surface area contributed by atoms with Crippen molar-refractivity contribution < 1.29 is 22.5 Å². The minimum atomic E-state index is -4.41. The molecule has 23 heavy (non-hydrogen) atoms. The van der Waals surface area contributed by atoms with E-state index < -0.39 is 11.7 Å². The largest absolute Gasteiger partial charge is 0.416 e. The number of alkyl halides is 3. The van der Waals surface area contributed by atoms with Gasteiger partial charge in [-0.25, -0.2) is 0 Å². The Bertz CT molecular complexity index is 677. The quantitative estimate of drug-likeness (QED) is 0.834. The lowest BCUT2D eigenvalue weighted by Crippen LogP contribution is -2.38. The second-order valence-electron chi connectivity index (χ2n) is 5.27. The molecule has 0 aliphatic carbocycles. The summed E-state index contributed by atoms with van der Waals surface area (Å²) in [6, 6.07) is 4.36. The lowest BCUT2D eigenvalue weighted by molar-refractivity contribution is -0.137. The van der Waals surface area contributed by atoms with Crippen molar-refractivity contribution in [2.45, 2.75) is 39.4 Å². The monoisotopic (exact) mass is 326 g/mol. The second-order valence-corrected chi connectivity index (χ2v) is 5.27. The van der Waals surface area contributed by atoms with E-state index in [1.165, 1.54) is 23.2 Å². The number of hydrogen-bond acceptors (Lipinski definition) is 3. The summed E-state index contributed by atoms with van der Waals surface area (Å²) in [5, 5.41) is 3.58. The summed E-state index contributed by atoms with van der Waals surface area (Å²) < 4.78 is 42.9. The molecule has 2 aromatic rings. The van der Waals surface area contributed by atoms with E-state index in [1.54, 1.807) is 6.92 Å². The predicted molar refractivity (Wildman–Crippen MR) is 79.2 cm³/mol. The lowest BCUT2D eigenvalue weighted by Gasteiger charge is -2.28. The first-order valence-corrected chi connectivity index (χ1v) is 7.17. The molecule has 1 unspecified atom stereocenters. The highest BCUT2D eigenvalue weighted by Gasteiger charge is 2.31. The number of rotatable bonds is 4. The standard InChI is InChI=1S/C16H17F3N2O2/c1-4-10(2)21(15(22)14-9-20-23-11(14)3)13-7-5-12(6-8-13)16(17,18)19/h5-10H,4H2,1-3H3. The Kier molecular flexibility index (Phi) is 4.77. The number of aryl methyl sites for hydroxylation is 1. The van der Waals surface area contributed by atoms with Crippen LogP contribution in [-0.4, -0.2) is 17.1 Å². The normalized spacial score (nSPS) is 13.0. The van der Waals surface area contributed by atoms with Crippen LogP contribution in [0.2, 0.25) is 0 Å². The van der Waals surface area contributed by atoms with Crippen LogP contribution in [0.4, 0.5) is 18.9 Å². The smallest absolute Gasteiger partial charge is 0.361 e. The zero-order valence-electron chi connectivity index (χ0n) is 13.0. The lowest BCUT2D eigenvalue weighted by atomic mass is 10.1. The Hall–Kier alpha value is -2.31. The highest BCUT2D eigenvalue weighted by atomic mass is 19.4. The Balaban J connectivity index is 2.40. The molecule has 0 spiro atoms. The van der Waals surface area contributed by atoms with E-state index in [-0.39, 0.29) is 11.9 Å². The van der Waals surface area contributed by atoms with E-state index in [2.05, 4.69) is 5.16 Å². The number of aromatic nitrogens is 1. The van der Waals surface area contributed by atoms with E-state index in [1.807, 2.05) is 13.8 Å². The number of halogens is 3. The van der Waals surface area contributed by atoms with Gasteiger partial charge in [-0.2, -0.15) is 13.2 Å². The molecule has 7 heteroatoms. The molecule has 1 aromatic carbocycles. The topological polar surface area (TPSA) is 46.3 Å². The van der Waals surface area contributed by atoms with Crippen LogP contribution >= 0.6 is 0 Å². The third-order valence-electron chi connectivity index (χ3n) is 3.70. The van der Waals surface area contributed by atoms with Crippen molar-refractivity contribution in [2.24, 2.45) is 0 Å². The average Bonchev–Trinajstić information content (AvgIpc) is 2.93. The first kappa shape index (κ1) is 17.1. The Morgan fingerprint density at radius 2 is 1.91 bits per heavy atom. The zero-order chi connectivity index (χ0) is 17.2. The number of carbonyl (C=O) groups is 1. The molecule has 0 radical (unpaired) electrons. The van der Waals surface area contributed by atoms with Gasteiger partial charge in [-0.1, -0.05) is 12.1 Å². The van der Waals surface area contributed by atoms with Gasteiger partial charge in [0.15, 0.2) is 0 Å². The van der Waals surface area contributed by atoms with Gasteiger partial charge in [0.25, 0.3) is 5.91 Å². The van der Waals surface area contributed by atoms with Crippen molar-refractivity contribution in [1.82, 2.24) is 5.16 Å². The van der Waals surface area contributed by atoms with E-state index in [4.69, 9.17) is 4.52 Å². The van der Waals surface area contributed by atoms with Gasteiger partial charge in [0.1, 0.15) is 11.3 Å². The zero-order valence-corrected chi connectivity index (χ0v) is 13.0. The molecule has 2 rings (SSSR count). The van der Waals surface area contributed by atoms with Crippen LogP contribution in [-0.2, 0) is 6.18 Å². The van der Waals surface area contributed by atoms with Gasteiger partial charge < -0.3 is 9.42 Å². The molecule has 4 nitrogen and oxygen atoms in total. The SMILES string of the molecule is CCC(C)N(C(=O)c1cnoc1C)c1ccc(C(F)(F)F)cc1. The van der Waals surface area contributed by atoms with Gasteiger partial charge in [-0.3, -0.25) is 4.79 Å². The molecule has 0 aliphatic rings. The highest BCUT2D eigenvalue weighted by Crippen LogP contribution is 2.31. The molecular formula is C16H17F3N2O2. The minimum Gasteiger partial charge on any atom is -0.361 e. The summed E-state index contributed by atoms with van der Waals surface area (Å²) in [5.74, 6) is 0.0214. The van der Waals surface area contributed by atoms with E-state index in [0.29, 0.717) is 23.4 Å². The predicted octanol–water partition coefficient (Wildman–Crippen LogP) is 4.45. The van der Waals surface area contributed by atoms with Crippen molar-refractivity contribution >= 4 is 11.6 Å². The van der Waals surface area contributed by atoms with Crippen molar-refractivity contribution in [1.29, 1.82) is 0 Å². The Morgan fingerprint density at radius 3 is 2.35 bits per heavy atom. The van der Waals surface area contributed by atoms with Gasteiger partial charge in [-0.15, -0.1) is 0 Å². The van der Waals surface area contributed by atoms with E-state index in [0.717, 1.165) is 12.1 Å². The van der Waals surface area contributed by atoms with Crippen LogP contribution in [0.3, 0.4) is 0 Å². The Morgan fingerprint density at radius 1 is 1.30 bits per heavy atom. The molecule has 1 atom stereocenters. The van der Waals surface area contributed by atoms with E-state index >= 15 is 0 Å². The highest BCUT2D eigenvalue weighted by molar-refractivity contribution is 6.06. The van der Waals surface area contributed by atoms with Crippen LogP contribution in [0.25, 0.3) is 0 Å². The van der Waals surface area contributed by atoms with Crippen molar-refractivity contribution in [3.63, 3.8) is 0 Å². The number of nitrogens with zero attached hydrogens (tertiary/aromatic N) is 2. The maximum Gasteiger partial charge on any atom is 0.416 e. The third-order valence-corrected chi connectivity index (χ3v) is 3.70. The summed E-state index contributed by atoms with van der Waals surface area (Å²) in [5.41, 5.74) is -0.0536. The number of anilines is 1. The summed E-state index contributed by atoms with van der Waals surface area (Å²) in [6.45, 7) is 5.34. The summed E-state index contributed by atoms with van der Waals surface area (Å²) in [4.78, 5) is 14.2. The number of hydrogen-bond donors (Lipinski definition) is 0. The third kappa shape index (κ3) is 3.55. The molecule has 0 aliphatic heterocycles. The molecular weight excluding hydrogens is 309 g/mol. The fourth-order valence-corrected chi connectivity index (χ4v) is 2.20. The molecule has 0 saturated heterocycles. The van der Waals surface area contributed by atoms with Crippen molar-refractivity contribution in [3.05, 3.63) is 47.3 Å². The number of benzene rings is 1. The summed E-state index contributed by atoms with van der Waals surface area (Å²) in [6.07, 6.45) is -2.44. The van der Waals surface area contributed by atoms with Crippen molar-refractivity contribution in [3.8, 4) is 0 Å². The number of carbonyl (C=O) groups excluding carboxylic acids is 1. The van der Waals surface area contributed by atoms with E-state index in [9.17, 15) is 18.0 Å². The minimum absolute atomic E-state index is 0.187. The molecule has 1 heterocycles. The molecule has 0 N–H and O–H groups in total. The first-order valence-electron chi connectivity index (χ1n) is 7.17. The van der Waals surface area contributed by atoms with Gasteiger partial charge in [-0.05, 0) is 44.5 Å². The molecule has 1 aromatic heterocycles. The molecule has 124 valence electrons. The number of amides is 1. The van der Waals surface area contributed by atoms with Crippen LogP contribution < -0.4 is 4.90 Å².